The van der Waals surface area contributed by atoms with Gasteiger partial charge in [0.1, 0.15) is 5.75 Å². The number of phenolic OH excluding ortho intramolecular Hbond substituents is 1. The second-order valence-corrected chi connectivity index (χ2v) is 4.04. The van der Waals surface area contributed by atoms with Crippen molar-refractivity contribution >= 4 is 0 Å². The van der Waals surface area contributed by atoms with Gasteiger partial charge in [0.05, 0.1) is 0 Å². The third kappa shape index (κ3) is 3.90. The molecule has 3 heteroatoms. The molecule has 1 aromatic carbocycles. The van der Waals surface area contributed by atoms with Crippen LogP contribution in [0.3, 0.4) is 0 Å². The molecule has 0 aromatic heterocycles. The highest BCUT2D eigenvalue weighted by Crippen LogP contribution is 2.22. The Balaban J connectivity index is 2.47. The van der Waals surface area contributed by atoms with Gasteiger partial charge in [-0.3, -0.25) is 0 Å². The summed E-state index contributed by atoms with van der Waals surface area (Å²) in [7, 11) is 4.10. The van der Waals surface area contributed by atoms with E-state index < -0.39 is 0 Å². The lowest BCUT2D eigenvalue weighted by Gasteiger charge is -2.17. The first-order valence-electron chi connectivity index (χ1n) is 5.27. The van der Waals surface area contributed by atoms with Crippen molar-refractivity contribution in [2.75, 3.05) is 27.2 Å². The Hall–Kier alpha value is -1.06. The zero-order chi connectivity index (χ0) is 11.3. The molecule has 0 bridgehead atoms. The number of nitrogens with zero attached hydrogens (tertiary/aromatic N) is 1. The molecule has 0 fully saturated rings. The quantitative estimate of drug-likeness (QED) is 0.771. The van der Waals surface area contributed by atoms with E-state index in [1.165, 1.54) is 0 Å². The first-order valence-corrected chi connectivity index (χ1v) is 5.27. The summed E-state index contributed by atoms with van der Waals surface area (Å²) in [6.07, 6.45) is 0. The van der Waals surface area contributed by atoms with Crippen LogP contribution in [0.25, 0.3) is 0 Å². The number of nitrogens with one attached hydrogen (secondary N) is 1. The summed E-state index contributed by atoms with van der Waals surface area (Å²) in [5, 5.41) is 13.0. The second kappa shape index (κ2) is 5.73. The molecule has 15 heavy (non-hydrogen) atoms. The van der Waals surface area contributed by atoms with Crippen LogP contribution in [0.2, 0.25) is 0 Å². The fourth-order valence-electron chi connectivity index (χ4n) is 1.47. The van der Waals surface area contributed by atoms with Crippen LogP contribution < -0.4 is 5.32 Å². The van der Waals surface area contributed by atoms with E-state index in [1.807, 2.05) is 32.3 Å². The van der Waals surface area contributed by atoms with E-state index in [0.29, 0.717) is 5.75 Å². The largest absolute Gasteiger partial charge is 0.508 e. The Kier molecular flexibility index (Phi) is 4.59. The number of benzene rings is 1. The van der Waals surface area contributed by atoms with Crippen molar-refractivity contribution in [2.45, 2.75) is 13.0 Å². The molecule has 0 aliphatic carbocycles. The van der Waals surface area contributed by atoms with Gasteiger partial charge in [0, 0.05) is 24.7 Å². The van der Waals surface area contributed by atoms with Gasteiger partial charge in [-0.2, -0.15) is 0 Å². The van der Waals surface area contributed by atoms with E-state index in [2.05, 4.69) is 17.1 Å². The van der Waals surface area contributed by atoms with Gasteiger partial charge in [-0.1, -0.05) is 18.2 Å². The summed E-state index contributed by atoms with van der Waals surface area (Å²) in [6, 6.07) is 7.64. The van der Waals surface area contributed by atoms with Crippen molar-refractivity contribution in [1.82, 2.24) is 10.2 Å². The summed E-state index contributed by atoms with van der Waals surface area (Å²) >= 11 is 0. The molecule has 0 aliphatic rings. The maximum Gasteiger partial charge on any atom is 0.120 e. The van der Waals surface area contributed by atoms with E-state index in [9.17, 15) is 5.11 Å². The first-order chi connectivity index (χ1) is 7.11. The number of likely N-dealkylation sites (N-methyl/N-ethyl adjacent to an activating group) is 1. The molecule has 0 spiro atoms. The van der Waals surface area contributed by atoms with Crippen LogP contribution in [0.5, 0.6) is 5.75 Å². The standard InChI is InChI=1S/C12H20N2O/c1-10(13-8-9-14(2)3)11-6-4-5-7-12(11)15/h4-7,10,13,15H,8-9H2,1-3H3/t10-/m0/s1. The van der Waals surface area contributed by atoms with Crippen LogP contribution >= 0.6 is 0 Å². The molecule has 0 unspecified atom stereocenters. The molecule has 2 N–H and O–H groups in total. The highest BCUT2D eigenvalue weighted by molar-refractivity contribution is 5.34. The molecule has 1 aromatic rings. The van der Waals surface area contributed by atoms with E-state index in [-0.39, 0.29) is 6.04 Å². The zero-order valence-corrected chi connectivity index (χ0v) is 9.70. The fraction of sp³-hybridized carbons (Fsp3) is 0.500. The van der Waals surface area contributed by atoms with Crippen molar-refractivity contribution in [3.8, 4) is 5.75 Å². The van der Waals surface area contributed by atoms with Crippen LogP contribution in [0.4, 0.5) is 0 Å². The van der Waals surface area contributed by atoms with Gasteiger partial charge in [0.25, 0.3) is 0 Å². The Morgan fingerprint density at radius 3 is 2.60 bits per heavy atom. The smallest absolute Gasteiger partial charge is 0.120 e. The number of hydrogen-bond donors (Lipinski definition) is 2. The van der Waals surface area contributed by atoms with Crippen molar-refractivity contribution < 1.29 is 5.11 Å². The molecule has 1 atom stereocenters. The highest BCUT2D eigenvalue weighted by Gasteiger charge is 2.08. The van der Waals surface area contributed by atoms with E-state index in [1.54, 1.807) is 6.07 Å². The lowest BCUT2D eigenvalue weighted by Crippen LogP contribution is -2.28. The van der Waals surface area contributed by atoms with Gasteiger partial charge >= 0.3 is 0 Å². The lowest BCUT2D eigenvalue weighted by atomic mass is 10.1. The molecule has 0 saturated heterocycles. The number of hydrogen-bond acceptors (Lipinski definition) is 3. The van der Waals surface area contributed by atoms with E-state index in [0.717, 1.165) is 18.7 Å². The van der Waals surface area contributed by atoms with Gasteiger partial charge in [0.15, 0.2) is 0 Å². The monoisotopic (exact) mass is 208 g/mol. The Morgan fingerprint density at radius 1 is 1.33 bits per heavy atom. The normalized spacial score (nSPS) is 13.1. The van der Waals surface area contributed by atoms with Crippen LogP contribution in [-0.4, -0.2) is 37.2 Å². The molecule has 84 valence electrons. The summed E-state index contributed by atoms with van der Waals surface area (Å²) in [4.78, 5) is 2.13. The molecule has 0 radical (unpaired) electrons. The molecule has 0 aliphatic heterocycles. The molecule has 3 nitrogen and oxygen atoms in total. The Morgan fingerprint density at radius 2 is 2.00 bits per heavy atom. The maximum absolute atomic E-state index is 9.64. The Bertz CT molecular complexity index is 299. The van der Waals surface area contributed by atoms with Crippen LogP contribution in [0, 0.1) is 0 Å². The van der Waals surface area contributed by atoms with Gasteiger partial charge in [-0.05, 0) is 27.1 Å². The minimum atomic E-state index is 0.186. The number of aromatic hydroxyl groups is 1. The fourth-order valence-corrected chi connectivity index (χ4v) is 1.47. The topological polar surface area (TPSA) is 35.5 Å². The van der Waals surface area contributed by atoms with Crippen molar-refractivity contribution in [3.05, 3.63) is 29.8 Å². The second-order valence-electron chi connectivity index (χ2n) is 4.04. The average molecular weight is 208 g/mol. The Labute approximate surface area is 91.7 Å². The summed E-state index contributed by atoms with van der Waals surface area (Å²) in [5.74, 6) is 0.363. The molecule has 1 rings (SSSR count). The van der Waals surface area contributed by atoms with Gasteiger partial charge in [0.2, 0.25) is 0 Å². The first kappa shape index (κ1) is 12.0. The molecule has 0 saturated carbocycles. The third-order valence-corrected chi connectivity index (χ3v) is 2.41. The van der Waals surface area contributed by atoms with Crippen LogP contribution in [0.1, 0.15) is 18.5 Å². The lowest BCUT2D eigenvalue weighted by molar-refractivity contribution is 0.385. The van der Waals surface area contributed by atoms with Crippen LogP contribution in [-0.2, 0) is 0 Å². The van der Waals surface area contributed by atoms with Gasteiger partial charge < -0.3 is 15.3 Å². The predicted molar refractivity (Wildman–Crippen MR) is 63.1 cm³/mol. The average Bonchev–Trinajstić information content (AvgIpc) is 2.17. The van der Waals surface area contributed by atoms with E-state index >= 15 is 0 Å². The predicted octanol–water partition coefficient (Wildman–Crippen LogP) is 1.60. The molecule has 0 heterocycles. The summed E-state index contributed by atoms with van der Waals surface area (Å²) in [6.45, 7) is 3.98. The van der Waals surface area contributed by atoms with Crippen molar-refractivity contribution in [1.29, 1.82) is 0 Å². The van der Waals surface area contributed by atoms with Crippen LogP contribution in [0.15, 0.2) is 24.3 Å². The van der Waals surface area contributed by atoms with Gasteiger partial charge in [-0.15, -0.1) is 0 Å². The van der Waals surface area contributed by atoms with Gasteiger partial charge in [-0.25, -0.2) is 0 Å². The third-order valence-electron chi connectivity index (χ3n) is 2.41. The molecular formula is C12H20N2O. The molecule has 0 amide bonds. The van der Waals surface area contributed by atoms with Crippen molar-refractivity contribution in [2.24, 2.45) is 0 Å². The number of para-hydroxylation sites is 1. The SMILES string of the molecule is C[C@H](NCCN(C)C)c1ccccc1O. The zero-order valence-electron chi connectivity index (χ0n) is 9.70. The van der Waals surface area contributed by atoms with Crippen molar-refractivity contribution in [3.63, 3.8) is 0 Å². The maximum atomic E-state index is 9.64. The minimum Gasteiger partial charge on any atom is -0.508 e. The summed E-state index contributed by atoms with van der Waals surface area (Å²) < 4.78 is 0. The van der Waals surface area contributed by atoms with E-state index in [4.69, 9.17) is 0 Å². The summed E-state index contributed by atoms with van der Waals surface area (Å²) in [5.41, 5.74) is 0.955. The highest BCUT2D eigenvalue weighted by atomic mass is 16.3. The molecular weight excluding hydrogens is 188 g/mol. The number of rotatable bonds is 5. The minimum absolute atomic E-state index is 0.186. The number of phenols is 1.